The number of amides is 1. The van der Waals surface area contributed by atoms with Crippen LogP contribution in [0.2, 0.25) is 5.02 Å². The van der Waals surface area contributed by atoms with Gasteiger partial charge >= 0.3 is 0 Å². The molecule has 0 spiro atoms. The van der Waals surface area contributed by atoms with Gasteiger partial charge in [-0.05, 0) is 43.5 Å². The van der Waals surface area contributed by atoms with Crippen LogP contribution < -0.4 is 4.90 Å². The van der Waals surface area contributed by atoms with E-state index in [9.17, 15) is 4.79 Å². The fraction of sp³-hybridized carbons (Fsp3) is 0.333. The third-order valence-electron chi connectivity index (χ3n) is 5.27. The number of halogens is 1. The van der Waals surface area contributed by atoms with Gasteiger partial charge in [0, 0.05) is 55.7 Å². The number of hydrogen-bond donors (Lipinski definition) is 0. The van der Waals surface area contributed by atoms with Crippen molar-refractivity contribution in [2.45, 2.75) is 19.3 Å². The summed E-state index contributed by atoms with van der Waals surface area (Å²) in [6.07, 6.45) is 7.05. The van der Waals surface area contributed by atoms with Gasteiger partial charge < -0.3 is 14.4 Å². The van der Waals surface area contributed by atoms with E-state index in [0.29, 0.717) is 10.6 Å². The van der Waals surface area contributed by atoms with Gasteiger partial charge in [0.15, 0.2) is 0 Å². The summed E-state index contributed by atoms with van der Waals surface area (Å²) in [6.45, 7) is 1.66. The van der Waals surface area contributed by atoms with Gasteiger partial charge in [-0.3, -0.25) is 4.79 Å². The first-order chi connectivity index (χ1) is 13.1. The molecule has 0 N–H and O–H groups in total. The number of nitrogens with zero attached hydrogens (tertiary/aromatic N) is 4. The van der Waals surface area contributed by atoms with Gasteiger partial charge in [-0.2, -0.15) is 0 Å². The molecule has 0 unspecified atom stereocenters. The van der Waals surface area contributed by atoms with E-state index >= 15 is 0 Å². The summed E-state index contributed by atoms with van der Waals surface area (Å²) in [5.41, 5.74) is 2.54. The number of aromatic nitrogens is 2. The average Bonchev–Trinajstić information content (AvgIpc) is 3.09. The molecule has 0 atom stereocenters. The predicted molar refractivity (Wildman–Crippen MR) is 110 cm³/mol. The maximum atomic E-state index is 13.1. The van der Waals surface area contributed by atoms with E-state index < -0.39 is 0 Å². The second kappa shape index (κ2) is 7.24. The summed E-state index contributed by atoms with van der Waals surface area (Å²) in [6, 6.07) is 9.70. The highest BCUT2D eigenvalue weighted by molar-refractivity contribution is 6.30. The van der Waals surface area contributed by atoms with Gasteiger partial charge in [0.05, 0.1) is 11.1 Å². The first-order valence-electron chi connectivity index (χ1n) is 9.29. The molecule has 1 saturated heterocycles. The van der Waals surface area contributed by atoms with Gasteiger partial charge in [0.2, 0.25) is 0 Å². The Labute approximate surface area is 164 Å². The summed E-state index contributed by atoms with van der Waals surface area (Å²) >= 11 is 6.15. The van der Waals surface area contributed by atoms with Gasteiger partial charge in [-0.15, -0.1) is 0 Å². The first kappa shape index (κ1) is 17.9. The zero-order valence-electron chi connectivity index (χ0n) is 15.7. The molecule has 3 heterocycles. The van der Waals surface area contributed by atoms with Crippen LogP contribution in [-0.4, -0.2) is 40.5 Å². The summed E-state index contributed by atoms with van der Waals surface area (Å²) in [5.74, 6) is 0.883. The minimum atomic E-state index is 0.0750. The van der Waals surface area contributed by atoms with Gasteiger partial charge in [0.25, 0.3) is 5.91 Å². The second-order valence-electron chi connectivity index (χ2n) is 7.08. The van der Waals surface area contributed by atoms with E-state index in [4.69, 9.17) is 11.6 Å². The number of carbonyl (C=O) groups excluding carboxylic acids is 1. The Balaban J connectivity index is 1.78. The molecule has 4 rings (SSSR count). The van der Waals surface area contributed by atoms with E-state index in [-0.39, 0.29) is 5.91 Å². The number of fused-ring (bicyclic) bond motifs is 1. The van der Waals surface area contributed by atoms with E-state index in [1.807, 2.05) is 65.0 Å². The molecular formula is C21H23ClN4O. The molecule has 5 nitrogen and oxygen atoms in total. The highest BCUT2D eigenvalue weighted by Gasteiger charge is 2.24. The zero-order valence-corrected chi connectivity index (χ0v) is 16.4. The number of benzene rings is 1. The Hall–Kier alpha value is -2.53. The van der Waals surface area contributed by atoms with Crippen LogP contribution in [-0.2, 0) is 7.05 Å². The lowest BCUT2D eigenvalue weighted by atomic mass is 10.1. The SMILES string of the molecule is CN(c1cccc(Cl)c1)c1ncc(C(=O)N2CCCCC2)c2c1ccn2C. The summed E-state index contributed by atoms with van der Waals surface area (Å²) in [5, 5.41) is 1.64. The third kappa shape index (κ3) is 3.28. The molecular weight excluding hydrogens is 360 g/mol. The van der Waals surface area contributed by atoms with E-state index in [2.05, 4.69) is 4.98 Å². The molecule has 0 bridgehead atoms. The Morgan fingerprint density at radius 2 is 1.96 bits per heavy atom. The fourth-order valence-electron chi connectivity index (χ4n) is 3.80. The number of piperidine rings is 1. The Bertz CT molecular complexity index is 991. The number of hydrogen-bond acceptors (Lipinski definition) is 3. The monoisotopic (exact) mass is 382 g/mol. The molecule has 1 aromatic carbocycles. The Morgan fingerprint density at radius 3 is 2.70 bits per heavy atom. The van der Waals surface area contributed by atoms with Crippen molar-refractivity contribution in [3.8, 4) is 0 Å². The molecule has 1 aliphatic rings. The summed E-state index contributed by atoms with van der Waals surface area (Å²) in [7, 11) is 3.94. The number of pyridine rings is 1. The fourth-order valence-corrected chi connectivity index (χ4v) is 3.98. The van der Waals surface area contributed by atoms with Gasteiger partial charge in [-0.25, -0.2) is 4.98 Å². The predicted octanol–water partition coefficient (Wildman–Crippen LogP) is 4.62. The van der Waals surface area contributed by atoms with Crippen LogP contribution in [0.3, 0.4) is 0 Å². The molecule has 2 aromatic heterocycles. The van der Waals surface area contributed by atoms with E-state index in [0.717, 1.165) is 48.3 Å². The minimum absolute atomic E-state index is 0.0750. The molecule has 140 valence electrons. The van der Waals surface area contributed by atoms with Crippen molar-refractivity contribution in [2.75, 3.05) is 25.0 Å². The van der Waals surface area contributed by atoms with E-state index in [1.165, 1.54) is 6.42 Å². The number of rotatable bonds is 3. The minimum Gasteiger partial charge on any atom is -0.350 e. The van der Waals surface area contributed by atoms with Crippen molar-refractivity contribution in [3.63, 3.8) is 0 Å². The summed E-state index contributed by atoms with van der Waals surface area (Å²) in [4.78, 5) is 21.7. The van der Waals surface area contributed by atoms with Gasteiger partial charge in [-0.1, -0.05) is 17.7 Å². The molecule has 3 aromatic rings. The lowest BCUT2D eigenvalue weighted by Gasteiger charge is -2.27. The topological polar surface area (TPSA) is 41.4 Å². The first-order valence-corrected chi connectivity index (χ1v) is 9.66. The molecule has 0 radical (unpaired) electrons. The highest BCUT2D eigenvalue weighted by Crippen LogP contribution is 2.33. The molecule has 1 amide bonds. The quantitative estimate of drug-likeness (QED) is 0.663. The maximum absolute atomic E-state index is 13.1. The molecule has 1 fully saturated rings. The summed E-state index contributed by atoms with van der Waals surface area (Å²) < 4.78 is 2.00. The van der Waals surface area contributed by atoms with Gasteiger partial charge in [0.1, 0.15) is 5.82 Å². The number of anilines is 2. The van der Waals surface area contributed by atoms with Crippen molar-refractivity contribution < 1.29 is 4.79 Å². The van der Waals surface area contributed by atoms with Crippen LogP contribution in [0.1, 0.15) is 29.6 Å². The average molecular weight is 383 g/mol. The lowest BCUT2D eigenvalue weighted by Crippen LogP contribution is -2.36. The van der Waals surface area contributed by atoms with E-state index in [1.54, 1.807) is 6.20 Å². The number of likely N-dealkylation sites (tertiary alicyclic amines) is 1. The largest absolute Gasteiger partial charge is 0.350 e. The lowest BCUT2D eigenvalue weighted by molar-refractivity contribution is 0.0725. The maximum Gasteiger partial charge on any atom is 0.257 e. The van der Waals surface area contributed by atoms with Crippen molar-refractivity contribution in [2.24, 2.45) is 7.05 Å². The zero-order chi connectivity index (χ0) is 19.0. The van der Waals surface area contributed by atoms with Crippen LogP contribution in [0.4, 0.5) is 11.5 Å². The Morgan fingerprint density at radius 1 is 1.19 bits per heavy atom. The van der Waals surface area contributed by atoms with Crippen molar-refractivity contribution in [3.05, 3.63) is 53.3 Å². The molecule has 1 aliphatic heterocycles. The standard InChI is InChI=1S/C21H23ClN4O/c1-24-12-9-17-19(24)18(21(27)26-10-4-3-5-11-26)14-23-20(17)25(2)16-8-6-7-15(22)13-16/h6-9,12-14H,3-5,10-11H2,1-2H3. The Kier molecular flexibility index (Phi) is 4.79. The number of carbonyl (C=O) groups is 1. The third-order valence-corrected chi connectivity index (χ3v) is 5.51. The molecule has 0 aliphatic carbocycles. The smallest absolute Gasteiger partial charge is 0.257 e. The molecule has 0 saturated carbocycles. The van der Waals surface area contributed by atoms with Crippen molar-refractivity contribution in [1.82, 2.24) is 14.5 Å². The normalized spacial score (nSPS) is 14.6. The van der Waals surface area contributed by atoms with Crippen LogP contribution in [0.25, 0.3) is 10.9 Å². The van der Waals surface area contributed by atoms with Crippen LogP contribution in [0.5, 0.6) is 0 Å². The van der Waals surface area contributed by atoms with Crippen LogP contribution in [0, 0.1) is 0 Å². The highest BCUT2D eigenvalue weighted by atomic mass is 35.5. The molecule has 6 heteroatoms. The van der Waals surface area contributed by atoms with Crippen LogP contribution in [0.15, 0.2) is 42.7 Å². The second-order valence-corrected chi connectivity index (χ2v) is 7.51. The molecule has 27 heavy (non-hydrogen) atoms. The van der Waals surface area contributed by atoms with Crippen molar-refractivity contribution >= 4 is 39.9 Å². The number of aryl methyl sites for hydroxylation is 1. The van der Waals surface area contributed by atoms with Crippen LogP contribution >= 0.6 is 11.6 Å². The van der Waals surface area contributed by atoms with Crippen molar-refractivity contribution in [1.29, 1.82) is 0 Å².